The number of carbonyl (C=O) groups excluding carboxylic acids is 1. The molecule has 0 aliphatic rings. The summed E-state index contributed by atoms with van der Waals surface area (Å²) in [6.07, 6.45) is -5.40. The molecule has 100 valence electrons. The van der Waals surface area contributed by atoms with Crippen LogP contribution >= 0.6 is 0 Å². The summed E-state index contributed by atoms with van der Waals surface area (Å²) in [6, 6.07) is 1.37. The molecule has 0 aliphatic heterocycles. The fourth-order valence-electron chi connectivity index (χ4n) is 1.28. The van der Waals surface area contributed by atoms with Gasteiger partial charge in [0.2, 0.25) is 0 Å². The minimum atomic E-state index is -5.40. The van der Waals surface area contributed by atoms with Gasteiger partial charge in [0.05, 0.1) is 7.11 Å². The monoisotopic (exact) mass is 268 g/mol. The number of ether oxygens (including phenoxy) is 1. The van der Waals surface area contributed by atoms with Crippen molar-refractivity contribution in [3.05, 3.63) is 29.6 Å². The van der Waals surface area contributed by atoms with Crippen LogP contribution in [-0.2, 0) is 15.1 Å². The lowest BCUT2D eigenvalue weighted by Gasteiger charge is -2.27. The standard InChI is InChI=1S/C10H8F4O4/c1-18-8(16)9(17,10(12,13)14)5-2-3-7(15)6(11)4-5/h2-4,15,17H,1H3. The van der Waals surface area contributed by atoms with E-state index >= 15 is 0 Å². The maximum atomic E-state index is 13.0. The second-order valence-corrected chi connectivity index (χ2v) is 3.37. The predicted molar refractivity (Wildman–Crippen MR) is 50.0 cm³/mol. The molecule has 0 spiro atoms. The number of esters is 1. The van der Waals surface area contributed by atoms with Crippen LogP contribution in [0.15, 0.2) is 18.2 Å². The van der Waals surface area contributed by atoms with Crippen LogP contribution in [0.3, 0.4) is 0 Å². The van der Waals surface area contributed by atoms with E-state index in [0.29, 0.717) is 19.2 Å². The fraction of sp³-hybridized carbons (Fsp3) is 0.300. The molecule has 1 unspecified atom stereocenters. The van der Waals surface area contributed by atoms with E-state index in [0.717, 1.165) is 0 Å². The van der Waals surface area contributed by atoms with Crippen molar-refractivity contribution in [3.63, 3.8) is 0 Å². The molecule has 8 heteroatoms. The molecule has 0 saturated heterocycles. The summed E-state index contributed by atoms with van der Waals surface area (Å²) < 4.78 is 55.0. The molecule has 1 aromatic carbocycles. The fourth-order valence-corrected chi connectivity index (χ4v) is 1.28. The van der Waals surface area contributed by atoms with Gasteiger partial charge in [0, 0.05) is 5.56 Å². The van der Waals surface area contributed by atoms with Gasteiger partial charge in [-0.05, 0) is 12.1 Å². The normalized spacial score (nSPS) is 15.0. The number of hydrogen-bond acceptors (Lipinski definition) is 4. The minimum Gasteiger partial charge on any atom is -0.505 e. The Kier molecular flexibility index (Phi) is 3.52. The van der Waals surface area contributed by atoms with Gasteiger partial charge >= 0.3 is 12.1 Å². The van der Waals surface area contributed by atoms with Gasteiger partial charge < -0.3 is 14.9 Å². The van der Waals surface area contributed by atoms with E-state index in [2.05, 4.69) is 4.74 Å². The maximum Gasteiger partial charge on any atom is 0.432 e. The van der Waals surface area contributed by atoms with Gasteiger partial charge in [0.1, 0.15) is 0 Å². The molecule has 0 heterocycles. The maximum absolute atomic E-state index is 13.0. The van der Waals surface area contributed by atoms with Crippen LogP contribution in [0, 0.1) is 5.82 Å². The highest BCUT2D eigenvalue weighted by molar-refractivity contribution is 5.82. The van der Waals surface area contributed by atoms with Crippen LogP contribution in [0.5, 0.6) is 5.75 Å². The molecular weight excluding hydrogens is 260 g/mol. The Morgan fingerprint density at radius 2 is 1.89 bits per heavy atom. The highest BCUT2D eigenvalue weighted by atomic mass is 19.4. The smallest absolute Gasteiger partial charge is 0.432 e. The highest BCUT2D eigenvalue weighted by Gasteiger charge is 2.62. The number of halogens is 4. The van der Waals surface area contributed by atoms with E-state index in [1.54, 1.807) is 0 Å². The Bertz CT molecular complexity index is 471. The van der Waals surface area contributed by atoms with Gasteiger partial charge in [0.15, 0.2) is 11.6 Å². The predicted octanol–water partition coefficient (Wildman–Crippen LogP) is 1.45. The molecule has 0 fully saturated rings. The number of carbonyl (C=O) groups is 1. The largest absolute Gasteiger partial charge is 0.505 e. The van der Waals surface area contributed by atoms with Crippen molar-refractivity contribution in [1.29, 1.82) is 0 Å². The molecule has 2 N–H and O–H groups in total. The number of phenols is 1. The number of benzene rings is 1. The van der Waals surface area contributed by atoms with Crippen LogP contribution in [0.2, 0.25) is 0 Å². The van der Waals surface area contributed by atoms with E-state index in [1.165, 1.54) is 0 Å². The zero-order valence-corrected chi connectivity index (χ0v) is 8.95. The molecular formula is C10H8F4O4. The number of alkyl halides is 3. The van der Waals surface area contributed by atoms with E-state index in [-0.39, 0.29) is 6.07 Å². The molecule has 0 aromatic heterocycles. The molecule has 1 rings (SSSR count). The van der Waals surface area contributed by atoms with E-state index < -0.39 is 34.9 Å². The molecule has 4 nitrogen and oxygen atoms in total. The first-order valence-electron chi connectivity index (χ1n) is 4.51. The number of hydrogen-bond donors (Lipinski definition) is 2. The van der Waals surface area contributed by atoms with Crippen molar-refractivity contribution in [2.45, 2.75) is 11.8 Å². The van der Waals surface area contributed by atoms with Crippen molar-refractivity contribution < 1.29 is 37.3 Å². The van der Waals surface area contributed by atoms with Gasteiger partial charge in [-0.15, -0.1) is 0 Å². The number of aliphatic hydroxyl groups is 1. The Labute approximate surface area is 98.4 Å². The third-order valence-electron chi connectivity index (χ3n) is 2.26. The first-order chi connectivity index (χ1) is 8.14. The first kappa shape index (κ1) is 14.2. The SMILES string of the molecule is COC(=O)C(O)(c1ccc(O)c(F)c1)C(F)(F)F. The average molecular weight is 268 g/mol. The van der Waals surface area contributed by atoms with Gasteiger partial charge in [0.25, 0.3) is 5.60 Å². The third kappa shape index (κ3) is 2.10. The van der Waals surface area contributed by atoms with Gasteiger partial charge in [-0.25, -0.2) is 9.18 Å². The van der Waals surface area contributed by atoms with Crippen LogP contribution in [-0.4, -0.2) is 29.5 Å². The molecule has 0 saturated carbocycles. The highest BCUT2D eigenvalue weighted by Crippen LogP contribution is 2.40. The van der Waals surface area contributed by atoms with E-state index in [9.17, 15) is 27.5 Å². The first-order valence-corrected chi connectivity index (χ1v) is 4.51. The van der Waals surface area contributed by atoms with Crippen molar-refractivity contribution in [3.8, 4) is 5.75 Å². The van der Waals surface area contributed by atoms with Crippen LogP contribution < -0.4 is 0 Å². The molecule has 18 heavy (non-hydrogen) atoms. The quantitative estimate of drug-likeness (QED) is 0.629. The molecule has 0 aliphatic carbocycles. The lowest BCUT2D eigenvalue weighted by atomic mass is 9.93. The van der Waals surface area contributed by atoms with Crippen molar-refractivity contribution in [2.75, 3.05) is 7.11 Å². The van der Waals surface area contributed by atoms with Crippen LogP contribution in [0.4, 0.5) is 17.6 Å². The summed E-state index contributed by atoms with van der Waals surface area (Å²) in [4.78, 5) is 11.1. The second kappa shape index (κ2) is 4.45. The Morgan fingerprint density at radius 1 is 1.33 bits per heavy atom. The number of aromatic hydroxyl groups is 1. The topological polar surface area (TPSA) is 66.8 Å². The van der Waals surface area contributed by atoms with Gasteiger partial charge in [-0.2, -0.15) is 13.2 Å². The molecule has 0 bridgehead atoms. The molecule has 1 aromatic rings. The summed E-state index contributed by atoms with van der Waals surface area (Å²) >= 11 is 0. The summed E-state index contributed by atoms with van der Waals surface area (Å²) in [6.45, 7) is 0. The Morgan fingerprint density at radius 3 is 2.28 bits per heavy atom. The molecule has 0 amide bonds. The summed E-state index contributed by atoms with van der Waals surface area (Å²) in [5.41, 5.74) is -5.08. The second-order valence-electron chi connectivity index (χ2n) is 3.37. The summed E-state index contributed by atoms with van der Waals surface area (Å²) in [7, 11) is 0.649. The van der Waals surface area contributed by atoms with Crippen molar-refractivity contribution in [2.24, 2.45) is 0 Å². The average Bonchev–Trinajstić information content (AvgIpc) is 2.29. The zero-order valence-electron chi connectivity index (χ0n) is 8.95. The molecule has 0 radical (unpaired) electrons. The van der Waals surface area contributed by atoms with Crippen molar-refractivity contribution in [1.82, 2.24) is 0 Å². The summed E-state index contributed by atoms with van der Waals surface area (Å²) in [5.74, 6) is -4.31. The van der Waals surface area contributed by atoms with Crippen LogP contribution in [0.25, 0.3) is 0 Å². The van der Waals surface area contributed by atoms with E-state index in [1.807, 2.05) is 0 Å². The van der Waals surface area contributed by atoms with Gasteiger partial charge in [-0.1, -0.05) is 6.07 Å². The lowest BCUT2D eigenvalue weighted by molar-refractivity contribution is -0.266. The zero-order chi connectivity index (χ0) is 14.1. The lowest BCUT2D eigenvalue weighted by Crippen LogP contribution is -2.49. The Balaban J connectivity index is 3.45. The van der Waals surface area contributed by atoms with E-state index in [4.69, 9.17) is 5.11 Å². The number of rotatable bonds is 2. The molecule has 1 atom stereocenters. The van der Waals surface area contributed by atoms with Gasteiger partial charge in [-0.3, -0.25) is 0 Å². The third-order valence-corrected chi connectivity index (χ3v) is 2.26. The number of methoxy groups -OCH3 is 1. The van der Waals surface area contributed by atoms with Crippen molar-refractivity contribution >= 4 is 5.97 Å². The Hall–Kier alpha value is -1.83. The van der Waals surface area contributed by atoms with Crippen LogP contribution in [0.1, 0.15) is 5.56 Å². The summed E-state index contributed by atoms with van der Waals surface area (Å²) in [5, 5.41) is 18.3. The minimum absolute atomic E-state index is 0.208. The number of phenolic OH excluding ortho intramolecular Hbond substituents is 1.